The summed E-state index contributed by atoms with van der Waals surface area (Å²) in [6.45, 7) is 4.70. The van der Waals surface area contributed by atoms with E-state index >= 15 is 0 Å². The van der Waals surface area contributed by atoms with Crippen LogP contribution in [0.3, 0.4) is 0 Å². The lowest BCUT2D eigenvalue weighted by atomic mass is 9.98. The molecule has 2 rings (SSSR count). The third kappa shape index (κ3) is 3.93. The summed E-state index contributed by atoms with van der Waals surface area (Å²) < 4.78 is 5.88. The van der Waals surface area contributed by atoms with Crippen LogP contribution in [0.15, 0.2) is 0 Å². The van der Waals surface area contributed by atoms with E-state index < -0.39 is 0 Å². The molecule has 0 aromatic carbocycles. The normalized spacial score (nSPS) is 33.9. The van der Waals surface area contributed by atoms with E-state index in [1.54, 1.807) is 0 Å². The molecule has 2 aliphatic heterocycles. The minimum Gasteiger partial charge on any atom is -0.376 e. The van der Waals surface area contributed by atoms with Gasteiger partial charge in [-0.05, 0) is 38.6 Å². The molecular formula is C15H28N2O2. The number of amides is 1. The van der Waals surface area contributed by atoms with Crippen molar-refractivity contribution < 1.29 is 9.53 Å². The van der Waals surface area contributed by atoms with E-state index in [9.17, 15) is 4.79 Å². The number of nitrogens with zero attached hydrogens (tertiary/aromatic N) is 1. The van der Waals surface area contributed by atoms with Crippen LogP contribution in [0.25, 0.3) is 0 Å². The molecule has 1 N–H and O–H groups in total. The van der Waals surface area contributed by atoms with Crippen molar-refractivity contribution in [2.24, 2.45) is 5.92 Å². The van der Waals surface area contributed by atoms with Crippen LogP contribution in [0.1, 0.15) is 45.4 Å². The SMILES string of the molecule is CNC1C(=O)N(CC2CCCCCO2)CCCC1C. The fraction of sp³-hybridized carbons (Fsp3) is 0.933. The molecule has 1 amide bonds. The first-order chi connectivity index (χ1) is 9.22. The van der Waals surface area contributed by atoms with Gasteiger partial charge in [-0.3, -0.25) is 4.79 Å². The number of carbonyl (C=O) groups excluding carboxylic acids is 1. The lowest BCUT2D eigenvalue weighted by Crippen LogP contribution is -2.49. The number of nitrogens with one attached hydrogen (secondary N) is 1. The molecule has 4 nitrogen and oxygen atoms in total. The van der Waals surface area contributed by atoms with Crippen LogP contribution in [-0.4, -0.2) is 49.7 Å². The molecule has 110 valence electrons. The maximum Gasteiger partial charge on any atom is 0.240 e. The van der Waals surface area contributed by atoms with Crippen LogP contribution in [0.5, 0.6) is 0 Å². The molecule has 19 heavy (non-hydrogen) atoms. The lowest BCUT2D eigenvalue weighted by Gasteiger charge is -2.29. The van der Waals surface area contributed by atoms with E-state index in [1.165, 1.54) is 19.3 Å². The second-order valence-electron chi connectivity index (χ2n) is 6.01. The summed E-state index contributed by atoms with van der Waals surface area (Å²) in [6.07, 6.45) is 7.25. The van der Waals surface area contributed by atoms with Crippen molar-refractivity contribution in [1.82, 2.24) is 10.2 Å². The van der Waals surface area contributed by atoms with Gasteiger partial charge in [0.25, 0.3) is 0 Å². The Morgan fingerprint density at radius 1 is 1.26 bits per heavy atom. The molecule has 0 aromatic heterocycles. The van der Waals surface area contributed by atoms with Crippen molar-refractivity contribution in [1.29, 1.82) is 0 Å². The van der Waals surface area contributed by atoms with Gasteiger partial charge < -0.3 is 15.0 Å². The summed E-state index contributed by atoms with van der Waals surface area (Å²) in [7, 11) is 1.89. The van der Waals surface area contributed by atoms with Gasteiger partial charge in [-0.2, -0.15) is 0 Å². The second kappa shape index (κ2) is 7.25. The average Bonchev–Trinajstić information content (AvgIpc) is 2.72. The summed E-state index contributed by atoms with van der Waals surface area (Å²) in [5.41, 5.74) is 0. The number of carbonyl (C=O) groups is 1. The van der Waals surface area contributed by atoms with Gasteiger partial charge in [0.05, 0.1) is 12.1 Å². The monoisotopic (exact) mass is 268 g/mol. The highest BCUT2D eigenvalue weighted by Gasteiger charge is 2.32. The summed E-state index contributed by atoms with van der Waals surface area (Å²) >= 11 is 0. The van der Waals surface area contributed by atoms with Crippen LogP contribution < -0.4 is 5.32 Å². The molecule has 0 aromatic rings. The largest absolute Gasteiger partial charge is 0.376 e. The van der Waals surface area contributed by atoms with E-state index in [-0.39, 0.29) is 18.1 Å². The Kier molecular flexibility index (Phi) is 5.64. The van der Waals surface area contributed by atoms with Crippen molar-refractivity contribution >= 4 is 5.91 Å². The fourth-order valence-electron chi connectivity index (χ4n) is 3.28. The molecule has 2 aliphatic rings. The van der Waals surface area contributed by atoms with Gasteiger partial charge in [0.15, 0.2) is 0 Å². The van der Waals surface area contributed by atoms with Crippen molar-refractivity contribution in [3.63, 3.8) is 0 Å². The Hall–Kier alpha value is -0.610. The Morgan fingerprint density at radius 3 is 2.89 bits per heavy atom. The highest BCUT2D eigenvalue weighted by Crippen LogP contribution is 2.21. The topological polar surface area (TPSA) is 41.6 Å². The van der Waals surface area contributed by atoms with Gasteiger partial charge in [0, 0.05) is 19.7 Å². The standard InChI is InChI=1S/C15H28N2O2/c1-12-7-6-9-17(15(18)14(12)16-2)11-13-8-4-3-5-10-19-13/h12-14,16H,3-11H2,1-2H3. The molecule has 0 spiro atoms. The third-order valence-electron chi connectivity index (χ3n) is 4.49. The minimum atomic E-state index is -0.0201. The number of hydrogen-bond acceptors (Lipinski definition) is 3. The van der Waals surface area contributed by atoms with Crippen molar-refractivity contribution in [3.8, 4) is 0 Å². The van der Waals surface area contributed by atoms with Gasteiger partial charge in [-0.25, -0.2) is 0 Å². The van der Waals surface area contributed by atoms with E-state index in [1.807, 2.05) is 11.9 Å². The number of likely N-dealkylation sites (tertiary alicyclic amines) is 1. The van der Waals surface area contributed by atoms with Gasteiger partial charge in [-0.1, -0.05) is 19.8 Å². The zero-order valence-corrected chi connectivity index (χ0v) is 12.4. The molecule has 4 heteroatoms. The van der Waals surface area contributed by atoms with Crippen LogP contribution in [-0.2, 0) is 9.53 Å². The van der Waals surface area contributed by atoms with E-state index in [0.717, 1.165) is 39.0 Å². The molecule has 3 unspecified atom stereocenters. The van der Waals surface area contributed by atoms with Crippen LogP contribution in [0.2, 0.25) is 0 Å². The van der Waals surface area contributed by atoms with E-state index in [0.29, 0.717) is 5.92 Å². The highest BCUT2D eigenvalue weighted by atomic mass is 16.5. The van der Waals surface area contributed by atoms with Crippen molar-refractivity contribution in [2.45, 2.75) is 57.6 Å². The van der Waals surface area contributed by atoms with Crippen molar-refractivity contribution in [3.05, 3.63) is 0 Å². The maximum atomic E-state index is 12.6. The van der Waals surface area contributed by atoms with Gasteiger partial charge >= 0.3 is 0 Å². The predicted molar refractivity (Wildman–Crippen MR) is 76.0 cm³/mol. The molecule has 3 atom stereocenters. The number of hydrogen-bond donors (Lipinski definition) is 1. The van der Waals surface area contributed by atoms with Crippen LogP contribution in [0, 0.1) is 5.92 Å². The van der Waals surface area contributed by atoms with Crippen LogP contribution >= 0.6 is 0 Å². The highest BCUT2D eigenvalue weighted by molar-refractivity contribution is 5.82. The van der Waals surface area contributed by atoms with E-state index in [4.69, 9.17) is 4.74 Å². The summed E-state index contributed by atoms with van der Waals surface area (Å²) in [6, 6.07) is -0.0201. The molecule has 2 saturated heterocycles. The molecule has 2 heterocycles. The second-order valence-corrected chi connectivity index (χ2v) is 6.01. The molecule has 2 fully saturated rings. The average molecular weight is 268 g/mol. The van der Waals surface area contributed by atoms with Crippen LogP contribution in [0.4, 0.5) is 0 Å². The molecular weight excluding hydrogens is 240 g/mol. The summed E-state index contributed by atoms with van der Waals surface area (Å²) in [5.74, 6) is 0.692. The maximum absolute atomic E-state index is 12.6. The molecule has 0 bridgehead atoms. The smallest absolute Gasteiger partial charge is 0.240 e. The summed E-state index contributed by atoms with van der Waals surface area (Å²) in [5, 5.41) is 3.19. The lowest BCUT2D eigenvalue weighted by molar-refractivity contribution is -0.135. The predicted octanol–water partition coefficient (Wildman–Crippen LogP) is 1.79. The van der Waals surface area contributed by atoms with E-state index in [2.05, 4.69) is 12.2 Å². The number of rotatable bonds is 3. The fourth-order valence-corrected chi connectivity index (χ4v) is 3.28. The molecule has 0 radical (unpaired) electrons. The Balaban J connectivity index is 1.95. The summed E-state index contributed by atoms with van der Waals surface area (Å²) in [4.78, 5) is 14.6. The number of ether oxygens (including phenoxy) is 1. The zero-order valence-electron chi connectivity index (χ0n) is 12.4. The van der Waals surface area contributed by atoms with Gasteiger partial charge in [0.2, 0.25) is 5.91 Å². The number of likely N-dealkylation sites (N-methyl/N-ethyl adjacent to an activating group) is 1. The third-order valence-corrected chi connectivity index (χ3v) is 4.49. The van der Waals surface area contributed by atoms with Gasteiger partial charge in [0.1, 0.15) is 0 Å². The first-order valence-electron chi connectivity index (χ1n) is 7.80. The molecule has 0 saturated carbocycles. The van der Waals surface area contributed by atoms with Crippen molar-refractivity contribution in [2.75, 3.05) is 26.7 Å². The Labute approximate surface area is 116 Å². The zero-order chi connectivity index (χ0) is 13.7. The Bertz CT molecular complexity index is 288. The van der Waals surface area contributed by atoms with Gasteiger partial charge in [-0.15, -0.1) is 0 Å². The first-order valence-corrected chi connectivity index (χ1v) is 7.80. The quantitative estimate of drug-likeness (QED) is 0.848. The minimum absolute atomic E-state index is 0.0201. The first kappa shape index (κ1) is 14.8. The Morgan fingerprint density at radius 2 is 2.11 bits per heavy atom. The molecule has 0 aliphatic carbocycles.